The highest BCUT2D eigenvalue weighted by atomic mass is 31.2. The minimum atomic E-state index is -2.43. The van der Waals surface area contributed by atoms with Crippen LogP contribution in [0.3, 0.4) is 0 Å². The lowest BCUT2D eigenvalue weighted by Gasteiger charge is -2.16. The van der Waals surface area contributed by atoms with Crippen molar-refractivity contribution in [1.29, 1.82) is 0 Å². The van der Waals surface area contributed by atoms with E-state index >= 15 is 0 Å². The van der Waals surface area contributed by atoms with Crippen LogP contribution in [0.4, 0.5) is 0 Å². The number of benzene rings is 2. The van der Waals surface area contributed by atoms with Gasteiger partial charge in [-0.1, -0.05) is 18.2 Å². The zero-order valence-electron chi connectivity index (χ0n) is 14.2. The van der Waals surface area contributed by atoms with E-state index in [1.54, 1.807) is 25.5 Å². The fraction of sp³-hybridized carbons (Fsp3) is 0.278. The van der Waals surface area contributed by atoms with Crippen LogP contribution in [0.1, 0.15) is 17.3 Å². The average Bonchev–Trinajstić information content (AvgIpc) is 2.54. The molecule has 2 aromatic carbocycles. The molecule has 0 bridgehead atoms. The molecule has 24 heavy (non-hydrogen) atoms. The van der Waals surface area contributed by atoms with Crippen LogP contribution in [-0.4, -0.2) is 38.1 Å². The third kappa shape index (κ3) is 3.80. The highest BCUT2D eigenvalue weighted by Crippen LogP contribution is 2.41. The summed E-state index contributed by atoms with van der Waals surface area (Å²) in [7, 11) is -0.966. The van der Waals surface area contributed by atoms with Crippen molar-refractivity contribution in [3.05, 3.63) is 42.0 Å². The summed E-state index contributed by atoms with van der Waals surface area (Å²) < 4.78 is 23.4. The van der Waals surface area contributed by atoms with Gasteiger partial charge in [-0.15, -0.1) is 0 Å². The van der Waals surface area contributed by atoms with E-state index in [0.717, 1.165) is 10.9 Å². The number of methoxy groups -OCH3 is 1. The number of carbonyl (C=O) groups is 1. The molecular formula is C18H21O5P. The maximum absolute atomic E-state index is 12.4. The number of hydrogen-bond donors (Lipinski definition) is 1. The molecule has 0 saturated heterocycles. The first-order chi connectivity index (χ1) is 11.3. The molecule has 0 aliphatic heterocycles. The lowest BCUT2D eigenvalue weighted by Crippen LogP contribution is -2.05. The molecule has 0 amide bonds. The van der Waals surface area contributed by atoms with Crippen LogP contribution in [0.15, 0.2) is 36.4 Å². The van der Waals surface area contributed by atoms with E-state index in [9.17, 15) is 14.5 Å². The Bertz CT molecular complexity index is 807. The monoisotopic (exact) mass is 348 g/mol. The lowest BCUT2D eigenvalue weighted by molar-refractivity contribution is 0.0696. The van der Waals surface area contributed by atoms with E-state index in [2.05, 4.69) is 0 Å². The Labute approximate surface area is 141 Å². The summed E-state index contributed by atoms with van der Waals surface area (Å²) >= 11 is 0. The van der Waals surface area contributed by atoms with Gasteiger partial charge in [0.25, 0.3) is 0 Å². The van der Waals surface area contributed by atoms with Gasteiger partial charge in [0, 0.05) is 10.9 Å². The second kappa shape index (κ2) is 7.10. The SMILES string of the molecule is CCOc1c(OC)cc(C(=O)O)cc1-c1cccc(P(C)(C)=O)c1. The molecule has 2 rings (SSSR count). The summed E-state index contributed by atoms with van der Waals surface area (Å²) in [5, 5.41) is 10.1. The van der Waals surface area contributed by atoms with Gasteiger partial charge >= 0.3 is 5.97 Å². The Balaban J connectivity index is 2.74. The molecule has 0 aromatic heterocycles. The summed E-state index contributed by atoms with van der Waals surface area (Å²) in [6.07, 6.45) is 0. The number of carboxylic acid groups (broad SMARTS) is 1. The molecule has 0 fully saturated rings. The lowest BCUT2D eigenvalue weighted by atomic mass is 10.0. The van der Waals surface area contributed by atoms with E-state index in [-0.39, 0.29) is 5.56 Å². The van der Waals surface area contributed by atoms with Gasteiger partial charge in [0.15, 0.2) is 11.5 Å². The highest BCUT2D eigenvalue weighted by Gasteiger charge is 2.19. The number of carboxylic acids is 1. The van der Waals surface area contributed by atoms with Gasteiger partial charge in [-0.25, -0.2) is 4.79 Å². The zero-order chi connectivity index (χ0) is 17.9. The molecule has 5 nitrogen and oxygen atoms in total. The van der Waals surface area contributed by atoms with Crippen LogP contribution in [0.5, 0.6) is 11.5 Å². The van der Waals surface area contributed by atoms with Gasteiger partial charge in [-0.05, 0) is 44.0 Å². The van der Waals surface area contributed by atoms with Gasteiger partial charge in [0.2, 0.25) is 0 Å². The molecule has 0 radical (unpaired) electrons. The van der Waals surface area contributed by atoms with Crippen LogP contribution in [0.25, 0.3) is 11.1 Å². The Morgan fingerprint density at radius 3 is 2.46 bits per heavy atom. The third-order valence-corrected chi connectivity index (χ3v) is 5.11. The van der Waals surface area contributed by atoms with Gasteiger partial charge in [-0.3, -0.25) is 0 Å². The molecule has 0 aliphatic rings. The number of aromatic carboxylic acids is 1. The molecule has 0 unspecified atom stereocenters. The van der Waals surface area contributed by atoms with Crippen molar-refractivity contribution >= 4 is 18.4 Å². The Morgan fingerprint density at radius 2 is 1.92 bits per heavy atom. The normalized spacial score (nSPS) is 11.2. The van der Waals surface area contributed by atoms with Gasteiger partial charge < -0.3 is 19.1 Å². The van der Waals surface area contributed by atoms with E-state index in [4.69, 9.17) is 9.47 Å². The summed E-state index contributed by atoms with van der Waals surface area (Å²) in [6.45, 7) is 5.65. The Morgan fingerprint density at radius 1 is 1.21 bits per heavy atom. The summed E-state index contributed by atoms with van der Waals surface area (Å²) in [5.41, 5.74) is 1.44. The Kier molecular flexibility index (Phi) is 5.35. The molecule has 0 saturated carbocycles. The number of rotatable bonds is 6. The third-order valence-electron chi connectivity index (χ3n) is 3.59. The van der Waals surface area contributed by atoms with Crippen molar-refractivity contribution in [2.75, 3.05) is 27.0 Å². The fourth-order valence-electron chi connectivity index (χ4n) is 2.39. The van der Waals surface area contributed by atoms with Crippen molar-refractivity contribution in [2.45, 2.75) is 6.92 Å². The van der Waals surface area contributed by atoms with Crippen molar-refractivity contribution in [3.8, 4) is 22.6 Å². The van der Waals surface area contributed by atoms with Crippen LogP contribution in [0, 0.1) is 0 Å². The largest absolute Gasteiger partial charge is 0.493 e. The molecule has 6 heteroatoms. The van der Waals surface area contributed by atoms with E-state index in [1.165, 1.54) is 13.2 Å². The second-order valence-electron chi connectivity index (χ2n) is 5.69. The smallest absolute Gasteiger partial charge is 0.335 e. The minimum absolute atomic E-state index is 0.104. The van der Waals surface area contributed by atoms with Crippen LogP contribution in [0.2, 0.25) is 0 Å². The molecule has 2 aromatic rings. The molecule has 0 heterocycles. The van der Waals surface area contributed by atoms with Gasteiger partial charge in [0.1, 0.15) is 7.14 Å². The first-order valence-corrected chi connectivity index (χ1v) is 10.1. The predicted octanol–water partition coefficient (Wildman–Crippen LogP) is 3.71. The summed E-state index contributed by atoms with van der Waals surface area (Å²) in [5.74, 6) is -0.220. The first kappa shape index (κ1) is 18.1. The molecule has 1 N–H and O–H groups in total. The summed E-state index contributed by atoms with van der Waals surface area (Å²) in [6, 6.07) is 10.2. The van der Waals surface area contributed by atoms with Crippen LogP contribution >= 0.6 is 7.14 Å². The minimum Gasteiger partial charge on any atom is -0.493 e. The van der Waals surface area contributed by atoms with Gasteiger partial charge in [-0.2, -0.15) is 0 Å². The highest BCUT2D eigenvalue weighted by molar-refractivity contribution is 7.70. The van der Waals surface area contributed by atoms with Crippen molar-refractivity contribution < 1.29 is 23.9 Å². The molecule has 0 spiro atoms. The first-order valence-electron chi connectivity index (χ1n) is 7.52. The van der Waals surface area contributed by atoms with Crippen molar-refractivity contribution in [1.82, 2.24) is 0 Å². The van der Waals surface area contributed by atoms with E-state index in [0.29, 0.717) is 23.7 Å². The second-order valence-corrected chi connectivity index (χ2v) is 8.91. The molecule has 128 valence electrons. The molecule has 0 aliphatic carbocycles. The average molecular weight is 348 g/mol. The maximum Gasteiger partial charge on any atom is 0.335 e. The Hall–Kier alpha value is -2.26. The van der Waals surface area contributed by atoms with Gasteiger partial charge in [0.05, 0.1) is 19.3 Å². The standard InChI is InChI=1S/C18H21O5P/c1-5-23-17-15(10-13(18(19)20)11-16(17)22-2)12-7-6-8-14(9-12)24(3,4)21/h6-11H,5H2,1-4H3,(H,19,20). The number of ether oxygens (including phenoxy) is 2. The van der Waals surface area contributed by atoms with E-state index < -0.39 is 13.1 Å². The van der Waals surface area contributed by atoms with Crippen LogP contribution < -0.4 is 14.8 Å². The number of hydrogen-bond acceptors (Lipinski definition) is 4. The van der Waals surface area contributed by atoms with Crippen molar-refractivity contribution in [2.24, 2.45) is 0 Å². The van der Waals surface area contributed by atoms with E-state index in [1.807, 2.05) is 25.1 Å². The molecular weight excluding hydrogens is 327 g/mol. The predicted molar refractivity (Wildman–Crippen MR) is 95.6 cm³/mol. The summed E-state index contributed by atoms with van der Waals surface area (Å²) in [4.78, 5) is 11.4. The maximum atomic E-state index is 12.4. The zero-order valence-corrected chi connectivity index (χ0v) is 15.1. The van der Waals surface area contributed by atoms with Crippen LogP contribution in [-0.2, 0) is 4.57 Å². The fourth-order valence-corrected chi connectivity index (χ4v) is 3.29. The van der Waals surface area contributed by atoms with Crippen molar-refractivity contribution in [3.63, 3.8) is 0 Å². The quantitative estimate of drug-likeness (QED) is 0.806. The topological polar surface area (TPSA) is 72.8 Å². The molecule has 0 atom stereocenters.